The van der Waals surface area contributed by atoms with Gasteiger partial charge in [0.05, 0.1) is 10.6 Å². The van der Waals surface area contributed by atoms with Crippen LogP contribution in [0.4, 0.5) is 10.8 Å². The standard InChI is InChI=1S/C15H17N3O3S/c1-3-4-13-14(22-15(17-13)16-10(2)19)9-11-5-7-12(8-6-11)18(20)21/h5-8H,3-4,9H2,1-2H3,(H,16,17,19). The highest BCUT2D eigenvalue weighted by atomic mass is 32.1. The number of benzene rings is 1. The quantitative estimate of drug-likeness (QED) is 0.651. The first kappa shape index (κ1) is 16.1. The Morgan fingerprint density at radius 2 is 2.05 bits per heavy atom. The first-order chi connectivity index (χ1) is 10.5. The average Bonchev–Trinajstić information content (AvgIpc) is 2.80. The highest BCUT2D eigenvalue weighted by Crippen LogP contribution is 2.27. The molecule has 116 valence electrons. The van der Waals surface area contributed by atoms with E-state index in [0.717, 1.165) is 29.0 Å². The number of nitro benzene ring substituents is 1. The van der Waals surface area contributed by atoms with Gasteiger partial charge in [0.1, 0.15) is 0 Å². The monoisotopic (exact) mass is 319 g/mol. The number of hydrogen-bond donors (Lipinski definition) is 1. The first-order valence-electron chi connectivity index (χ1n) is 6.99. The molecule has 1 heterocycles. The van der Waals surface area contributed by atoms with Gasteiger partial charge < -0.3 is 5.32 Å². The van der Waals surface area contributed by atoms with Crippen LogP contribution < -0.4 is 5.32 Å². The Morgan fingerprint density at radius 1 is 1.36 bits per heavy atom. The molecule has 22 heavy (non-hydrogen) atoms. The number of nitrogens with one attached hydrogen (secondary N) is 1. The van der Waals surface area contributed by atoms with Crippen molar-refractivity contribution in [1.82, 2.24) is 4.98 Å². The molecule has 0 saturated carbocycles. The van der Waals surface area contributed by atoms with E-state index in [-0.39, 0.29) is 11.6 Å². The van der Waals surface area contributed by atoms with E-state index in [1.807, 2.05) is 0 Å². The summed E-state index contributed by atoms with van der Waals surface area (Å²) in [4.78, 5) is 27.0. The van der Waals surface area contributed by atoms with E-state index in [4.69, 9.17) is 0 Å². The van der Waals surface area contributed by atoms with Gasteiger partial charge in [0.2, 0.25) is 5.91 Å². The summed E-state index contributed by atoms with van der Waals surface area (Å²) in [6, 6.07) is 6.52. The third-order valence-corrected chi connectivity index (χ3v) is 4.07. The van der Waals surface area contributed by atoms with Crippen molar-refractivity contribution in [1.29, 1.82) is 0 Å². The molecule has 1 aromatic heterocycles. The van der Waals surface area contributed by atoms with Crippen LogP contribution in [0.25, 0.3) is 0 Å². The third kappa shape index (κ3) is 4.11. The lowest BCUT2D eigenvalue weighted by atomic mass is 10.1. The van der Waals surface area contributed by atoms with Crippen molar-refractivity contribution in [2.75, 3.05) is 5.32 Å². The van der Waals surface area contributed by atoms with Gasteiger partial charge in [-0.2, -0.15) is 0 Å². The molecule has 0 radical (unpaired) electrons. The van der Waals surface area contributed by atoms with Crippen LogP contribution in [0.5, 0.6) is 0 Å². The van der Waals surface area contributed by atoms with Crippen LogP contribution in [0.1, 0.15) is 36.4 Å². The Morgan fingerprint density at radius 3 is 2.59 bits per heavy atom. The number of aryl methyl sites for hydroxylation is 1. The number of nitro groups is 1. The summed E-state index contributed by atoms with van der Waals surface area (Å²) in [6.07, 6.45) is 2.47. The zero-order valence-corrected chi connectivity index (χ0v) is 13.3. The van der Waals surface area contributed by atoms with Gasteiger partial charge in [-0.15, -0.1) is 11.3 Å². The predicted molar refractivity (Wildman–Crippen MR) is 86.3 cm³/mol. The maximum absolute atomic E-state index is 11.1. The van der Waals surface area contributed by atoms with Gasteiger partial charge in [-0.3, -0.25) is 14.9 Å². The lowest BCUT2D eigenvalue weighted by molar-refractivity contribution is -0.384. The maximum atomic E-state index is 11.1. The van der Waals surface area contributed by atoms with Crippen molar-refractivity contribution in [3.63, 3.8) is 0 Å². The first-order valence-corrected chi connectivity index (χ1v) is 7.80. The predicted octanol–water partition coefficient (Wildman–Crippen LogP) is 3.55. The molecule has 0 fully saturated rings. The number of nitrogens with zero attached hydrogens (tertiary/aromatic N) is 2. The van der Waals surface area contributed by atoms with Crippen molar-refractivity contribution < 1.29 is 9.72 Å². The summed E-state index contributed by atoms with van der Waals surface area (Å²) in [5, 5.41) is 14.0. The molecule has 6 nitrogen and oxygen atoms in total. The number of non-ortho nitro benzene ring substituents is 1. The molecule has 0 unspecified atom stereocenters. The second-order valence-electron chi connectivity index (χ2n) is 4.92. The van der Waals surface area contributed by atoms with Gasteiger partial charge in [-0.1, -0.05) is 25.5 Å². The topological polar surface area (TPSA) is 85.1 Å². The normalized spacial score (nSPS) is 10.5. The largest absolute Gasteiger partial charge is 0.302 e. The van der Waals surface area contributed by atoms with Crippen LogP contribution in [-0.4, -0.2) is 15.8 Å². The lowest BCUT2D eigenvalue weighted by Crippen LogP contribution is -2.05. The van der Waals surface area contributed by atoms with Crippen molar-refractivity contribution in [3.8, 4) is 0 Å². The van der Waals surface area contributed by atoms with Crippen LogP contribution >= 0.6 is 11.3 Å². The number of carbonyl (C=O) groups is 1. The van der Waals surface area contributed by atoms with Crippen molar-refractivity contribution in [2.24, 2.45) is 0 Å². The maximum Gasteiger partial charge on any atom is 0.269 e. The summed E-state index contributed by atoms with van der Waals surface area (Å²) in [6.45, 7) is 3.53. The zero-order chi connectivity index (χ0) is 16.1. The Kier molecular flexibility index (Phi) is 5.21. The van der Waals surface area contributed by atoms with E-state index < -0.39 is 4.92 Å². The number of hydrogen-bond acceptors (Lipinski definition) is 5. The molecule has 0 spiro atoms. The summed E-state index contributed by atoms with van der Waals surface area (Å²) in [5.41, 5.74) is 2.05. The van der Waals surface area contributed by atoms with E-state index in [1.54, 1.807) is 12.1 Å². The van der Waals surface area contributed by atoms with Crippen LogP contribution in [0.15, 0.2) is 24.3 Å². The number of amides is 1. The molecule has 0 aliphatic carbocycles. The lowest BCUT2D eigenvalue weighted by Gasteiger charge is -2.01. The minimum Gasteiger partial charge on any atom is -0.302 e. The van der Waals surface area contributed by atoms with Crippen LogP contribution in [0, 0.1) is 10.1 Å². The Labute approximate surface area is 132 Å². The van der Waals surface area contributed by atoms with Crippen molar-refractivity contribution in [2.45, 2.75) is 33.1 Å². The third-order valence-electron chi connectivity index (χ3n) is 3.06. The highest BCUT2D eigenvalue weighted by Gasteiger charge is 2.13. The number of anilines is 1. The summed E-state index contributed by atoms with van der Waals surface area (Å²) < 4.78 is 0. The number of carbonyl (C=O) groups excluding carboxylic acids is 1. The number of aromatic nitrogens is 1. The molecular formula is C15H17N3O3S. The average molecular weight is 319 g/mol. The van der Waals surface area contributed by atoms with E-state index in [0.29, 0.717) is 11.6 Å². The van der Waals surface area contributed by atoms with Gasteiger partial charge in [0, 0.05) is 30.4 Å². The molecule has 0 bridgehead atoms. The van der Waals surface area contributed by atoms with Crippen molar-refractivity contribution >= 4 is 28.1 Å². The Balaban J connectivity index is 2.21. The van der Waals surface area contributed by atoms with Gasteiger partial charge in [0.25, 0.3) is 5.69 Å². The Bertz CT molecular complexity index is 680. The fourth-order valence-corrected chi connectivity index (χ4v) is 3.17. The van der Waals surface area contributed by atoms with Gasteiger partial charge >= 0.3 is 0 Å². The fourth-order valence-electron chi connectivity index (χ4n) is 2.08. The molecule has 0 atom stereocenters. The van der Waals surface area contributed by atoms with Crippen LogP contribution in [0.3, 0.4) is 0 Å². The van der Waals surface area contributed by atoms with Crippen LogP contribution in [0.2, 0.25) is 0 Å². The van der Waals surface area contributed by atoms with Gasteiger partial charge in [0.15, 0.2) is 5.13 Å². The number of thiazole rings is 1. The summed E-state index contributed by atoms with van der Waals surface area (Å²) in [7, 11) is 0. The van der Waals surface area contributed by atoms with E-state index in [1.165, 1.54) is 30.4 Å². The molecule has 1 amide bonds. The molecule has 0 aliphatic heterocycles. The molecule has 1 N–H and O–H groups in total. The molecule has 2 rings (SSSR count). The number of rotatable bonds is 6. The molecule has 2 aromatic rings. The molecule has 0 saturated heterocycles. The zero-order valence-electron chi connectivity index (χ0n) is 12.5. The molecular weight excluding hydrogens is 302 g/mol. The smallest absolute Gasteiger partial charge is 0.269 e. The van der Waals surface area contributed by atoms with E-state index in [9.17, 15) is 14.9 Å². The second kappa shape index (κ2) is 7.13. The van der Waals surface area contributed by atoms with Crippen molar-refractivity contribution in [3.05, 3.63) is 50.5 Å². The SMILES string of the molecule is CCCc1nc(NC(C)=O)sc1Cc1ccc([N+](=O)[O-])cc1. The van der Waals surface area contributed by atoms with Gasteiger partial charge in [-0.25, -0.2) is 4.98 Å². The Hall–Kier alpha value is -2.28. The fraction of sp³-hybridized carbons (Fsp3) is 0.333. The van der Waals surface area contributed by atoms with Gasteiger partial charge in [-0.05, 0) is 12.0 Å². The minimum atomic E-state index is -0.409. The van der Waals surface area contributed by atoms with Crippen LogP contribution in [-0.2, 0) is 17.6 Å². The molecule has 7 heteroatoms. The minimum absolute atomic E-state index is 0.0840. The summed E-state index contributed by atoms with van der Waals surface area (Å²) in [5.74, 6) is -0.140. The highest BCUT2D eigenvalue weighted by molar-refractivity contribution is 7.15. The van der Waals surface area contributed by atoms with E-state index >= 15 is 0 Å². The van der Waals surface area contributed by atoms with E-state index in [2.05, 4.69) is 17.2 Å². The molecule has 1 aromatic carbocycles. The second-order valence-corrected chi connectivity index (χ2v) is 6.00. The summed E-state index contributed by atoms with van der Waals surface area (Å²) >= 11 is 1.46. The molecule has 0 aliphatic rings.